The van der Waals surface area contributed by atoms with E-state index >= 15 is 0 Å². The summed E-state index contributed by atoms with van der Waals surface area (Å²) in [6.07, 6.45) is 1.67. The Hall–Kier alpha value is -0.150. The van der Waals surface area contributed by atoms with E-state index in [1.807, 2.05) is 24.3 Å². The van der Waals surface area contributed by atoms with Crippen molar-refractivity contribution in [1.82, 2.24) is 4.90 Å². The molecule has 0 aliphatic carbocycles. The molecule has 3 aliphatic heterocycles. The van der Waals surface area contributed by atoms with Gasteiger partial charge in [0.05, 0.1) is 13.2 Å². The SMILES string of the molecule is COc1ccc(COC(=O)C2=C(C3CCCO3)CS[C@@H]3[C@H](N)C(=O)N23)cc1.ClP(Cl)(Cl)(Cl)Cl. The fraction of sp³-hybridized carbons (Fsp3) is 0.474. The molecule has 0 saturated carbocycles. The van der Waals surface area contributed by atoms with Crippen LogP contribution in [0.25, 0.3) is 0 Å². The van der Waals surface area contributed by atoms with E-state index in [-0.39, 0.29) is 24.0 Å². The van der Waals surface area contributed by atoms with Crippen molar-refractivity contribution in [3.8, 4) is 5.75 Å². The van der Waals surface area contributed by atoms with Crippen molar-refractivity contribution in [3.63, 3.8) is 0 Å². The fourth-order valence-corrected chi connectivity index (χ4v) is 4.92. The minimum absolute atomic E-state index is 0.122. The van der Waals surface area contributed by atoms with Gasteiger partial charge in [0.2, 0.25) is 5.91 Å². The molecule has 1 amide bonds. The Bertz CT molecular complexity index is 918. The Morgan fingerprint density at radius 3 is 2.42 bits per heavy atom. The Labute approximate surface area is 220 Å². The summed E-state index contributed by atoms with van der Waals surface area (Å²) in [5, 5.41) is -0.203. The van der Waals surface area contributed by atoms with Crippen molar-refractivity contribution in [2.75, 3.05) is 19.5 Å². The van der Waals surface area contributed by atoms with E-state index in [4.69, 9.17) is 76.1 Å². The van der Waals surface area contributed by atoms with Gasteiger partial charge < -0.3 is 19.9 Å². The quantitative estimate of drug-likeness (QED) is 0.263. The summed E-state index contributed by atoms with van der Waals surface area (Å²) in [6, 6.07) is 6.74. The first kappa shape index (κ1) is 27.4. The first-order chi connectivity index (χ1) is 15.3. The van der Waals surface area contributed by atoms with Gasteiger partial charge >= 0.3 is 65.5 Å². The van der Waals surface area contributed by atoms with Crippen LogP contribution in [0.1, 0.15) is 18.4 Å². The summed E-state index contributed by atoms with van der Waals surface area (Å²) in [5.41, 5.74) is 7.91. The number of hydrogen-bond donors (Lipinski definition) is 1. The Balaban J connectivity index is 0.000000454. The van der Waals surface area contributed by atoms with E-state index in [1.165, 1.54) is 4.90 Å². The van der Waals surface area contributed by atoms with Crippen LogP contribution in [0.5, 0.6) is 5.75 Å². The third-order valence-corrected chi connectivity index (χ3v) is 6.40. The first-order valence-electron chi connectivity index (χ1n) is 9.79. The zero-order chi connectivity index (χ0) is 24.4. The standard InChI is InChI=1S/C19H22N2O5S.Cl5P/c1-24-12-6-4-11(5-7-12)9-26-19(23)16-13(14-3-2-8-25-14)10-27-18-15(20)17(22)21(16)18;1-6(2,3,4)5/h4-7,14-15,18H,2-3,8-10,20H2,1H3;/t14?,15-,18-;/m1./s1. The monoisotopic (exact) mass is 596 g/mol. The predicted molar refractivity (Wildman–Crippen MR) is 136 cm³/mol. The molecule has 3 atom stereocenters. The molecule has 2 saturated heterocycles. The summed E-state index contributed by atoms with van der Waals surface area (Å²) >= 11 is 26.5. The molecule has 0 radical (unpaired) electrons. The summed E-state index contributed by atoms with van der Waals surface area (Å²) in [4.78, 5) is 26.7. The summed E-state index contributed by atoms with van der Waals surface area (Å²) in [7, 11) is 1.60. The molecule has 1 aromatic carbocycles. The maximum atomic E-state index is 12.9. The Morgan fingerprint density at radius 1 is 1.24 bits per heavy atom. The molecular formula is C19H22Cl5N2O5PS. The van der Waals surface area contributed by atoms with Crippen LogP contribution in [-0.4, -0.2) is 53.8 Å². The molecule has 1 aromatic rings. The maximum absolute atomic E-state index is 12.9. The van der Waals surface area contributed by atoms with E-state index in [2.05, 4.69) is 0 Å². The molecule has 0 aromatic heterocycles. The van der Waals surface area contributed by atoms with Crippen LogP contribution in [0.15, 0.2) is 35.5 Å². The topological polar surface area (TPSA) is 91.1 Å². The minimum atomic E-state index is -3.69. The average Bonchev–Trinajstić information content (AvgIpc) is 3.29. The number of β-lactam (4-membered cyclic amide) rings is 1. The molecule has 0 bridgehead atoms. The summed E-state index contributed by atoms with van der Waals surface area (Å²) in [5.74, 6) is 0.626. The van der Waals surface area contributed by atoms with Crippen LogP contribution in [-0.2, 0) is 25.7 Å². The molecule has 0 spiro atoms. The van der Waals surface area contributed by atoms with E-state index in [0.717, 1.165) is 29.7 Å². The number of halogens is 5. The second-order valence-electron chi connectivity index (χ2n) is 7.37. The van der Waals surface area contributed by atoms with Gasteiger partial charge in [0.1, 0.15) is 29.5 Å². The van der Waals surface area contributed by atoms with Gasteiger partial charge in [-0.2, -0.15) is 0 Å². The zero-order valence-corrected chi connectivity index (χ0v) is 22.9. The number of amides is 1. The van der Waals surface area contributed by atoms with Crippen LogP contribution in [0.4, 0.5) is 0 Å². The number of thioether (sulfide) groups is 1. The molecule has 7 nitrogen and oxygen atoms in total. The second-order valence-corrected chi connectivity index (χ2v) is 25.1. The van der Waals surface area contributed by atoms with Crippen LogP contribution in [0.3, 0.4) is 0 Å². The first-order valence-corrected chi connectivity index (χ1v) is 17.6. The molecule has 2 fully saturated rings. The predicted octanol–water partition coefficient (Wildman–Crippen LogP) is 5.72. The normalized spacial score (nSPS) is 25.8. The fourth-order valence-electron chi connectivity index (χ4n) is 3.57. The molecular weight excluding hydrogens is 577 g/mol. The van der Waals surface area contributed by atoms with Crippen molar-refractivity contribution in [1.29, 1.82) is 0 Å². The number of esters is 1. The molecule has 3 aliphatic rings. The average molecular weight is 599 g/mol. The number of nitrogens with two attached hydrogens (primary N) is 1. The van der Waals surface area contributed by atoms with Crippen molar-refractivity contribution in [2.45, 2.75) is 37.0 Å². The number of fused-ring (bicyclic) bond motifs is 1. The number of methoxy groups -OCH3 is 1. The molecule has 3 heterocycles. The number of carbonyl (C=O) groups excluding carboxylic acids is 2. The van der Waals surface area contributed by atoms with Crippen LogP contribution in [0.2, 0.25) is 0 Å². The van der Waals surface area contributed by atoms with Crippen molar-refractivity contribution in [3.05, 3.63) is 41.1 Å². The molecule has 14 heteroatoms. The van der Waals surface area contributed by atoms with Crippen molar-refractivity contribution >= 4 is 83.2 Å². The summed E-state index contributed by atoms with van der Waals surface area (Å²) < 4.78 is 12.7. The van der Waals surface area contributed by atoms with Gasteiger partial charge in [0, 0.05) is 12.4 Å². The number of carbonyl (C=O) groups is 2. The number of ether oxygens (including phenoxy) is 3. The Kier molecular flexibility index (Phi) is 9.02. The van der Waals surface area contributed by atoms with Crippen LogP contribution in [0, 0.1) is 0 Å². The van der Waals surface area contributed by atoms with Crippen molar-refractivity contribution in [2.24, 2.45) is 5.73 Å². The van der Waals surface area contributed by atoms with Gasteiger partial charge in [-0.05, 0) is 36.1 Å². The zero-order valence-electron chi connectivity index (χ0n) is 17.4. The van der Waals surface area contributed by atoms with Gasteiger partial charge in [0.15, 0.2) is 0 Å². The number of nitrogens with zero attached hydrogens (tertiary/aromatic N) is 1. The second kappa shape index (κ2) is 10.9. The van der Waals surface area contributed by atoms with Gasteiger partial charge in [-0.25, -0.2) is 4.79 Å². The van der Waals surface area contributed by atoms with Gasteiger partial charge in [-0.1, -0.05) is 12.1 Å². The number of hydrogen-bond acceptors (Lipinski definition) is 7. The molecule has 184 valence electrons. The summed E-state index contributed by atoms with van der Waals surface area (Å²) in [6.45, 7) is 0.793. The molecule has 33 heavy (non-hydrogen) atoms. The van der Waals surface area contributed by atoms with E-state index in [1.54, 1.807) is 18.9 Å². The van der Waals surface area contributed by atoms with Gasteiger partial charge in [-0.3, -0.25) is 9.69 Å². The van der Waals surface area contributed by atoms with Crippen LogP contribution < -0.4 is 10.5 Å². The van der Waals surface area contributed by atoms with Crippen LogP contribution >= 0.6 is 71.3 Å². The van der Waals surface area contributed by atoms with E-state index < -0.39 is 15.4 Å². The van der Waals surface area contributed by atoms with E-state index in [9.17, 15) is 9.59 Å². The van der Waals surface area contributed by atoms with Crippen molar-refractivity contribution < 1.29 is 23.8 Å². The molecule has 1 unspecified atom stereocenters. The Morgan fingerprint density at radius 2 is 1.88 bits per heavy atom. The van der Waals surface area contributed by atoms with Gasteiger partial charge in [-0.15, -0.1) is 11.8 Å². The van der Waals surface area contributed by atoms with Gasteiger partial charge in [0.25, 0.3) is 0 Å². The third kappa shape index (κ3) is 7.66. The number of benzene rings is 1. The third-order valence-electron chi connectivity index (χ3n) is 5.08. The molecule has 2 N–H and O–H groups in total. The molecule has 4 rings (SSSR count). The number of rotatable bonds is 5. The van der Waals surface area contributed by atoms with E-state index in [0.29, 0.717) is 18.1 Å².